The maximum absolute atomic E-state index is 10.6. The minimum Gasteiger partial charge on any atom is -0.380 e. The fourth-order valence-electron chi connectivity index (χ4n) is 2.90. The van der Waals surface area contributed by atoms with Crippen LogP contribution in [0, 0.1) is 0 Å². The van der Waals surface area contributed by atoms with E-state index in [1.165, 1.54) is 0 Å². The molecule has 7 nitrogen and oxygen atoms in total. The molecule has 0 saturated carbocycles. The topological polar surface area (TPSA) is 83.7 Å². The normalized spacial score (nSPS) is 27.1. The third-order valence-electron chi connectivity index (χ3n) is 4.39. The smallest absolute Gasteiger partial charge is 0.258 e. The molecule has 2 saturated heterocycles. The van der Waals surface area contributed by atoms with Crippen LogP contribution in [0.4, 0.5) is 0 Å². The van der Waals surface area contributed by atoms with Crippen LogP contribution in [-0.4, -0.2) is 59.0 Å². The zero-order chi connectivity index (χ0) is 14.9. The molecule has 118 valence electrons. The Morgan fingerprint density at radius 2 is 2.14 bits per heavy atom. The van der Waals surface area contributed by atoms with Gasteiger partial charge in [-0.15, -0.1) is 0 Å². The highest BCUT2D eigenvalue weighted by Gasteiger charge is 2.38. The van der Waals surface area contributed by atoms with Gasteiger partial charge in [0, 0.05) is 19.1 Å². The summed E-state index contributed by atoms with van der Waals surface area (Å²) < 4.78 is 11.1. The highest BCUT2D eigenvalue weighted by atomic mass is 16.5. The van der Waals surface area contributed by atoms with Crippen LogP contribution in [0.3, 0.4) is 0 Å². The maximum Gasteiger partial charge on any atom is 0.258 e. The molecule has 0 amide bonds. The lowest BCUT2D eigenvalue weighted by Crippen LogP contribution is -2.42. The summed E-state index contributed by atoms with van der Waals surface area (Å²) in [4.78, 5) is 6.75. The standard InChI is InChI=1S/C14H24N4O3/c1-10(2)18-7-8-20-11(9-18)12-16-13(21-17-12)14(19)3-5-15-6-4-14/h10-11,15,19H,3-9H2,1-2H3. The summed E-state index contributed by atoms with van der Waals surface area (Å²) >= 11 is 0. The van der Waals surface area contributed by atoms with Crippen LogP contribution in [0.25, 0.3) is 0 Å². The maximum atomic E-state index is 10.6. The van der Waals surface area contributed by atoms with Crippen LogP contribution in [0.5, 0.6) is 0 Å². The van der Waals surface area contributed by atoms with Crippen LogP contribution in [0.2, 0.25) is 0 Å². The molecular formula is C14H24N4O3. The number of aliphatic hydroxyl groups is 1. The second kappa shape index (κ2) is 6.00. The summed E-state index contributed by atoms with van der Waals surface area (Å²) in [6, 6.07) is 0.469. The Labute approximate surface area is 124 Å². The monoisotopic (exact) mass is 296 g/mol. The van der Waals surface area contributed by atoms with E-state index in [2.05, 4.69) is 34.2 Å². The summed E-state index contributed by atoms with van der Waals surface area (Å²) in [6.07, 6.45) is 1.01. The van der Waals surface area contributed by atoms with Crippen molar-refractivity contribution in [2.24, 2.45) is 0 Å². The number of piperidine rings is 1. The average Bonchev–Trinajstić information content (AvgIpc) is 2.99. The number of ether oxygens (including phenoxy) is 1. The zero-order valence-corrected chi connectivity index (χ0v) is 12.7. The van der Waals surface area contributed by atoms with E-state index >= 15 is 0 Å². The van der Waals surface area contributed by atoms with Gasteiger partial charge in [0.15, 0.2) is 0 Å². The van der Waals surface area contributed by atoms with Crippen molar-refractivity contribution >= 4 is 0 Å². The Kier molecular flexibility index (Phi) is 4.26. The summed E-state index contributed by atoms with van der Waals surface area (Å²) in [7, 11) is 0. The molecule has 7 heteroatoms. The minimum atomic E-state index is -0.997. The summed E-state index contributed by atoms with van der Waals surface area (Å²) in [5, 5.41) is 17.9. The molecule has 2 aliphatic rings. The molecule has 2 aliphatic heterocycles. The van der Waals surface area contributed by atoms with Gasteiger partial charge in [-0.05, 0) is 39.8 Å². The molecule has 3 rings (SSSR count). The molecule has 0 spiro atoms. The SMILES string of the molecule is CC(C)N1CCOC(c2noc(C3(O)CCNCC3)n2)C1. The van der Waals surface area contributed by atoms with Crippen molar-refractivity contribution in [1.82, 2.24) is 20.4 Å². The molecule has 3 heterocycles. The Morgan fingerprint density at radius 3 is 2.86 bits per heavy atom. The van der Waals surface area contributed by atoms with Crippen molar-refractivity contribution in [1.29, 1.82) is 0 Å². The van der Waals surface area contributed by atoms with Crippen molar-refractivity contribution in [3.63, 3.8) is 0 Å². The fourth-order valence-corrected chi connectivity index (χ4v) is 2.90. The van der Waals surface area contributed by atoms with E-state index < -0.39 is 5.60 Å². The van der Waals surface area contributed by atoms with E-state index in [4.69, 9.17) is 9.26 Å². The predicted molar refractivity (Wildman–Crippen MR) is 75.7 cm³/mol. The van der Waals surface area contributed by atoms with Crippen LogP contribution < -0.4 is 5.32 Å². The molecule has 2 N–H and O–H groups in total. The van der Waals surface area contributed by atoms with Crippen molar-refractivity contribution in [3.05, 3.63) is 11.7 Å². The molecule has 2 fully saturated rings. The van der Waals surface area contributed by atoms with Gasteiger partial charge >= 0.3 is 0 Å². The average molecular weight is 296 g/mol. The third-order valence-corrected chi connectivity index (χ3v) is 4.39. The van der Waals surface area contributed by atoms with Gasteiger partial charge in [0.2, 0.25) is 5.82 Å². The molecule has 0 bridgehead atoms. The lowest BCUT2D eigenvalue weighted by Gasteiger charge is -2.34. The van der Waals surface area contributed by atoms with Crippen LogP contribution in [0.15, 0.2) is 4.52 Å². The fraction of sp³-hybridized carbons (Fsp3) is 0.857. The minimum absolute atomic E-state index is 0.177. The lowest BCUT2D eigenvalue weighted by atomic mass is 9.92. The van der Waals surface area contributed by atoms with Crippen LogP contribution >= 0.6 is 0 Å². The van der Waals surface area contributed by atoms with Gasteiger partial charge in [0.1, 0.15) is 11.7 Å². The Balaban J connectivity index is 1.72. The summed E-state index contributed by atoms with van der Waals surface area (Å²) in [5.74, 6) is 0.867. The number of rotatable bonds is 3. The molecule has 1 atom stereocenters. The van der Waals surface area contributed by atoms with Crippen molar-refractivity contribution in [2.45, 2.75) is 44.4 Å². The molecule has 1 aromatic heterocycles. The molecule has 1 aromatic rings. The van der Waals surface area contributed by atoms with Crippen LogP contribution in [-0.2, 0) is 10.3 Å². The van der Waals surface area contributed by atoms with E-state index in [0.717, 1.165) is 26.2 Å². The van der Waals surface area contributed by atoms with E-state index in [-0.39, 0.29) is 6.10 Å². The van der Waals surface area contributed by atoms with Gasteiger partial charge in [-0.3, -0.25) is 4.90 Å². The Bertz CT molecular complexity index is 471. The molecule has 1 unspecified atom stereocenters. The number of hydrogen-bond donors (Lipinski definition) is 2. The predicted octanol–water partition coefficient (Wildman–Crippen LogP) is 0.422. The number of nitrogens with one attached hydrogen (secondary N) is 1. The van der Waals surface area contributed by atoms with Crippen molar-refractivity contribution < 1.29 is 14.4 Å². The molecule has 0 aromatic carbocycles. The first-order valence-electron chi connectivity index (χ1n) is 7.71. The number of nitrogens with zero attached hydrogens (tertiary/aromatic N) is 3. The van der Waals surface area contributed by atoms with E-state index in [1.54, 1.807) is 0 Å². The molecule has 0 aliphatic carbocycles. The first kappa shape index (κ1) is 14.9. The quantitative estimate of drug-likeness (QED) is 0.836. The highest BCUT2D eigenvalue weighted by molar-refractivity contribution is 5.03. The van der Waals surface area contributed by atoms with Gasteiger partial charge < -0.3 is 19.7 Å². The van der Waals surface area contributed by atoms with E-state index in [1.807, 2.05) is 0 Å². The third kappa shape index (κ3) is 3.11. The summed E-state index contributed by atoms with van der Waals surface area (Å²) in [5.41, 5.74) is -0.997. The molecule has 21 heavy (non-hydrogen) atoms. The largest absolute Gasteiger partial charge is 0.380 e. The Hall–Kier alpha value is -1.02. The van der Waals surface area contributed by atoms with Gasteiger partial charge in [0.05, 0.1) is 6.61 Å². The van der Waals surface area contributed by atoms with Gasteiger partial charge in [-0.1, -0.05) is 5.16 Å². The van der Waals surface area contributed by atoms with Crippen LogP contribution in [0.1, 0.15) is 44.5 Å². The van der Waals surface area contributed by atoms with Gasteiger partial charge in [-0.2, -0.15) is 4.98 Å². The second-order valence-corrected chi connectivity index (χ2v) is 6.19. The van der Waals surface area contributed by atoms with E-state index in [9.17, 15) is 5.11 Å². The van der Waals surface area contributed by atoms with Crippen molar-refractivity contribution in [3.8, 4) is 0 Å². The van der Waals surface area contributed by atoms with E-state index in [0.29, 0.717) is 37.2 Å². The zero-order valence-electron chi connectivity index (χ0n) is 12.7. The molecular weight excluding hydrogens is 272 g/mol. The highest BCUT2D eigenvalue weighted by Crippen LogP contribution is 2.30. The number of morpholine rings is 1. The van der Waals surface area contributed by atoms with Crippen molar-refractivity contribution in [2.75, 3.05) is 32.8 Å². The summed E-state index contributed by atoms with van der Waals surface area (Å²) in [6.45, 7) is 8.21. The van der Waals surface area contributed by atoms with Gasteiger partial charge in [0.25, 0.3) is 5.89 Å². The Morgan fingerprint density at radius 1 is 1.38 bits per heavy atom. The molecule has 0 radical (unpaired) electrons. The lowest BCUT2D eigenvalue weighted by molar-refractivity contribution is -0.0450. The first-order valence-corrected chi connectivity index (χ1v) is 7.71. The van der Waals surface area contributed by atoms with Gasteiger partial charge in [-0.25, -0.2) is 0 Å². The number of aromatic nitrogens is 2. The first-order chi connectivity index (χ1) is 10.1. The number of hydrogen-bond acceptors (Lipinski definition) is 7. The second-order valence-electron chi connectivity index (χ2n) is 6.19.